The second kappa shape index (κ2) is 5.18. The third-order valence-electron chi connectivity index (χ3n) is 4.01. The van der Waals surface area contributed by atoms with Crippen molar-refractivity contribution in [1.29, 1.82) is 0 Å². The topological polar surface area (TPSA) is 80.5 Å². The van der Waals surface area contributed by atoms with Crippen molar-refractivity contribution in [2.75, 3.05) is 6.54 Å². The Bertz CT molecular complexity index is 653. The van der Waals surface area contributed by atoms with Crippen molar-refractivity contribution >= 4 is 15.9 Å². The molecule has 2 rings (SSSR count). The molecule has 0 bridgehead atoms. The average molecular weight is 296 g/mol. The van der Waals surface area contributed by atoms with Crippen LogP contribution in [0.15, 0.2) is 17.0 Å². The minimum Gasteiger partial charge on any atom is -0.336 e. The van der Waals surface area contributed by atoms with Gasteiger partial charge in [0.15, 0.2) is 0 Å². The highest BCUT2D eigenvalue weighted by Crippen LogP contribution is 2.24. The molecule has 1 saturated heterocycles. The fourth-order valence-corrected chi connectivity index (χ4v) is 3.23. The van der Waals surface area contributed by atoms with E-state index in [2.05, 4.69) is 0 Å². The van der Waals surface area contributed by atoms with Crippen molar-refractivity contribution in [1.82, 2.24) is 4.90 Å². The highest BCUT2D eigenvalue weighted by Gasteiger charge is 2.28. The van der Waals surface area contributed by atoms with E-state index in [1.54, 1.807) is 11.8 Å². The van der Waals surface area contributed by atoms with Gasteiger partial charge in [-0.1, -0.05) is 0 Å². The molecule has 1 heterocycles. The summed E-state index contributed by atoms with van der Waals surface area (Å²) in [5.41, 5.74) is 2.00. The van der Waals surface area contributed by atoms with Crippen molar-refractivity contribution in [3.05, 3.63) is 28.8 Å². The lowest BCUT2D eigenvalue weighted by molar-refractivity contribution is 0.0746. The normalized spacial score (nSPS) is 19.4. The van der Waals surface area contributed by atoms with Crippen LogP contribution in [-0.4, -0.2) is 31.8 Å². The number of hydrogen-bond donors (Lipinski definition) is 1. The number of rotatable bonds is 2. The Hall–Kier alpha value is -1.40. The van der Waals surface area contributed by atoms with Gasteiger partial charge in [0.25, 0.3) is 5.91 Å². The number of carbonyl (C=O) groups excluding carboxylic acids is 1. The Morgan fingerprint density at radius 2 is 2.00 bits per heavy atom. The Labute approximate surface area is 119 Å². The number of nitrogens with zero attached hydrogens (tertiary/aromatic N) is 1. The molecular weight excluding hydrogens is 276 g/mol. The smallest absolute Gasteiger partial charge is 0.254 e. The molecule has 1 unspecified atom stereocenters. The number of nitrogens with two attached hydrogens (primary N) is 1. The van der Waals surface area contributed by atoms with E-state index >= 15 is 0 Å². The van der Waals surface area contributed by atoms with E-state index in [-0.39, 0.29) is 16.8 Å². The predicted molar refractivity (Wildman–Crippen MR) is 77.0 cm³/mol. The van der Waals surface area contributed by atoms with Gasteiger partial charge in [0.1, 0.15) is 0 Å². The van der Waals surface area contributed by atoms with Crippen LogP contribution in [0.3, 0.4) is 0 Å². The van der Waals surface area contributed by atoms with Gasteiger partial charge in [-0.25, -0.2) is 13.6 Å². The lowest BCUT2D eigenvalue weighted by Crippen LogP contribution is -2.34. The van der Waals surface area contributed by atoms with Crippen LogP contribution in [0.2, 0.25) is 0 Å². The molecule has 5 nitrogen and oxygen atoms in total. The van der Waals surface area contributed by atoms with Crippen LogP contribution in [-0.2, 0) is 10.0 Å². The quantitative estimate of drug-likeness (QED) is 0.899. The Morgan fingerprint density at radius 1 is 1.35 bits per heavy atom. The SMILES string of the molecule is Cc1cc(S(N)(=O)=O)cc(C(=O)N2CCCC2C)c1C. The third-order valence-corrected chi connectivity index (χ3v) is 4.91. The predicted octanol–water partition coefficient (Wildman–Crippen LogP) is 1.58. The molecule has 2 N–H and O–H groups in total. The van der Waals surface area contributed by atoms with Gasteiger partial charge in [-0.3, -0.25) is 4.79 Å². The van der Waals surface area contributed by atoms with Crippen molar-refractivity contribution in [3.63, 3.8) is 0 Å². The van der Waals surface area contributed by atoms with E-state index in [9.17, 15) is 13.2 Å². The number of amides is 1. The molecule has 0 saturated carbocycles. The highest BCUT2D eigenvalue weighted by molar-refractivity contribution is 7.89. The summed E-state index contributed by atoms with van der Waals surface area (Å²) in [7, 11) is -3.81. The maximum absolute atomic E-state index is 12.6. The van der Waals surface area contributed by atoms with Crippen LogP contribution in [0.4, 0.5) is 0 Å². The summed E-state index contributed by atoms with van der Waals surface area (Å²) < 4.78 is 23.0. The molecule has 1 aliphatic heterocycles. The third kappa shape index (κ3) is 2.71. The second-order valence-corrected chi connectivity index (χ2v) is 7.01. The Morgan fingerprint density at radius 3 is 2.50 bits per heavy atom. The summed E-state index contributed by atoms with van der Waals surface area (Å²) in [6, 6.07) is 3.10. The van der Waals surface area contributed by atoms with Crippen LogP contribution in [0, 0.1) is 13.8 Å². The van der Waals surface area contributed by atoms with Gasteiger partial charge < -0.3 is 4.90 Å². The molecule has 0 aromatic heterocycles. The van der Waals surface area contributed by atoms with Gasteiger partial charge in [-0.15, -0.1) is 0 Å². The minimum atomic E-state index is -3.81. The zero-order valence-corrected chi connectivity index (χ0v) is 12.8. The summed E-state index contributed by atoms with van der Waals surface area (Å²) >= 11 is 0. The maximum Gasteiger partial charge on any atom is 0.254 e. The molecule has 1 atom stereocenters. The van der Waals surface area contributed by atoms with E-state index in [0.29, 0.717) is 5.56 Å². The molecule has 1 aromatic carbocycles. The van der Waals surface area contributed by atoms with Gasteiger partial charge >= 0.3 is 0 Å². The molecule has 110 valence electrons. The first-order valence-corrected chi connectivity index (χ1v) is 8.21. The molecule has 0 radical (unpaired) electrons. The van der Waals surface area contributed by atoms with E-state index in [1.165, 1.54) is 12.1 Å². The van der Waals surface area contributed by atoms with E-state index in [1.807, 2.05) is 13.8 Å². The number of aryl methyl sites for hydroxylation is 1. The van der Waals surface area contributed by atoms with E-state index in [0.717, 1.165) is 30.5 Å². The first-order chi connectivity index (χ1) is 9.21. The molecule has 1 fully saturated rings. The molecule has 0 aliphatic carbocycles. The lowest BCUT2D eigenvalue weighted by atomic mass is 10.0. The minimum absolute atomic E-state index is 0.00389. The number of primary sulfonamides is 1. The van der Waals surface area contributed by atoms with Crippen LogP contribution in [0.5, 0.6) is 0 Å². The highest BCUT2D eigenvalue weighted by atomic mass is 32.2. The van der Waals surface area contributed by atoms with Crippen LogP contribution in [0.1, 0.15) is 41.3 Å². The molecule has 1 amide bonds. The van der Waals surface area contributed by atoms with Gasteiger partial charge in [0, 0.05) is 18.2 Å². The summed E-state index contributed by atoms with van der Waals surface area (Å²) in [6.45, 7) is 6.35. The molecule has 1 aliphatic rings. The standard InChI is InChI=1S/C14H20N2O3S/c1-9-7-12(20(15,18)19)8-13(11(9)3)14(17)16-6-4-5-10(16)2/h7-8,10H,4-6H2,1-3H3,(H2,15,18,19). The fourth-order valence-electron chi connectivity index (χ4n) is 2.60. The molecule has 0 spiro atoms. The van der Waals surface area contributed by atoms with Crippen molar-refractivity contribution in [2.45, 2.75) is 44.6 Å². The van der Waals surface area contributed by atoms with Crippen molar-refractivity contribution in [2.24, 2.45) is 5.14 Å². The maximum atomic E-state index is 12.6. The number of carbonyl (C=O) groups is 1. The number of benzene rings is 1. The van der Waals surface area contributed by atoms with Gasteiger partial charge in [0.05, 0.1) is 4.90 Å². The zero-order chi connectivity index (χ0) is 15.1. The summed E-state index contributed by atoms with van der Waals surface area (Å²) in [6.07, 6.45) is 1.97. The van der Waals surface area contributed by atoms with Crippen LogP contribution in [0.25, 0.3) is 0 Å². The lowest BCUT2D eigenvalue weighted by Gasteiger charge is -2.23. The van der Waals surface area contributed by atoms with Gasteiger partial charge in [0.2, 0.25) is 10.0 Å². The summed E-state index contributed by atoms with van der Waals surface area (Å²) in [5.74, 6) is -0.110. The van der Waals surface area contributed by atoms with Gasteiger partial charge in [-0.2, -0.15) is 0 Å². The largest absolute Gasteiger partial charge is 0.336 e. The van der Waals surface area contributed by atoms with Crippen LogP contribution >= 0.6 is 0 Å². The summed E-state index contributed by atoms with van der Waals surface area (Å²) in [4.78, 5) is 14.4. The van der Waals surface area contributed by atoms with E-state index < -0.39 is 10.0 Å². The monoisotopic (exact) mass is 296 g/mol. The zero-order valence-electron chi connectivity index (χ0n) is 12.0. The Kier molecular flexibility index (Phi) is 3.88. The number of likely N-dealkylation sites (tertiary alicyclic amines) is 1. The van der Waals surface area contributed by atoms with Gasteiger partial charge in [-0.05, 0) is 56.9 Å². The van der Waals surface area contributed by atoms with Crippen molar-refractivity contribution < 1.29 is 13.2 Å². The number of hydrogen-bond acceptors (Lipinski definition) is 3. The molecule has 20 heavy (non-hydrogen) atoms. The number of sulfonamides is 1. The molecular formula is C14H20N2O3S. The molecule has 1 aromatic rings. The average Bonchev–Trinajstić information content (AvgIpc) is 2.76. The van der Waals surface area contributed by atoms with Crippen LogP contribution < -0.4 is 5.14 Å². The Balaban J connectivity index is 2.50. The van der Waals surface area contributed by atoms with Crippen molar-refractivity contribution in [3.8, 4) is 0 Å². The van der Waals surface area contributed by atoms with E-state index in [4.69, 9.17) is 5.14 Å². The second-order valence-electron chi connectivity index (χ2n) is 5.45. The first kappa shape index (κ1) is 15.0. The fraction of sp³-hybridized carbons (Fsp3) is 0.500. The first-order valence-electron chi connectivity index (χ1n) is 6.67. The summed E-state index contributed by atoms with van der Waals surface area (Å²) in [5, 5.41) is 5.17. The molecule has 6 heteroatoms.